The molecule has 0 rings (SSSR count). The first-order valence-electron chi connectivity index (χ1n) is 6.56. The van der Waals surface area contributed by atoms with Crippen LogP contribution >= 0.6 is 0 Å². The van der Waals surface area contributed by atoms with Crippen LogP contribution in [0.4, 0.5) is 0 Å². The lowest BCUT2D eigenvalue weighted by Crippen LogP contribution is -2.29. The van der Waals surface area contributed by atoms with E-state index in [1.165, 1.54) is 0 Å². The summed E-state index contributed by atoms with van der Waals surface area (Å²) in [5.41, 5.74) is 23.3. The van der Waals surface area contributed by atoms with E-state index in [1.54, 1.807) is 0 Å². The third-order valence-electron chi connectivity index (χ3n) is 3.12. The van der Waals surface area contributed by atoms with Crippen LogP contribution in [0.25, 0.3) is 0 Å². The van der Waals surface area contributed by atoms with E-state index in [2.05, 4.69) is 6.92 Å². The molecule has 0 heterocycles. The summed E-state index contributed by atoms with van der Waals surface area (Å²) in [6.45, 7) is 2.84. The van der Waals surface area contributed by atoms with Crippen LogP contribution in [0.2, 0.25) is 0 Å². The highest BCUT2D eigenvalue weighted by Crippen LogP contribution is 2.09. The molecule has 4 heteroatoms. The van der Waals surface area contributed by atoms with Gasteiger partial charge in [0.2, 0.25) is 0 Å². The van der Waals surface area contributed by atoms with Crippen LogP contribution in [0.15, 0.2) is 0 Å². The summed E-state index contributed by atoms with van der Waals surface area (Å²) in [5.74, 6) is 0. The molecule has 0 aliphatic carbocycles. The quantitative estimate of drug-likeness (QED) is 0.443. The van der Waals surface area contributed by atoms with Crippen LogP contribution < -0.4 is 22.9 Å². The third kappa shape index (κ3) is 9.09. The zero-order valence-corrected chi connectivity index (χ0v) is 10.7. The molecule has 0 saturated carbocycles. The minimum Gasteiger partial charge on any atom is -0.330 e. The van der Waals surface area contributed by atoms with Crippen molar-refractivity contribution in [3.8, 4) is 0 Å². The summed E-state index contributed by atoms with van der Waals surface area (Å²) in [4.78, 5) is 0. The molecular weight excluding hydrogens is 200 g/mol. The second-order valence-corrected chi connectivity index (χ2v) is 4.77. The van der Waals surface area contributed by atoms with Gasteiger partial charge in [-0.25, -0.2) is 0 Å². The first-order valence-corrected chi connectivity index (χ1v) is 6.56. The molecule has 0 radical (unpaired) electrons. The smallest absolute Gasteiger partial charge is 0.00399 e. The molecule has 0 aromatic rings. The molecule has 0 aromatic heterocycles. The van der Waals surface area contributed by atoms with Crippen LogP contribution in [-0.2, 0) is 0 Å². The van der Waals surface area contributed by atoms with Crippen LogP contribution in [0, 0.1) is 0 Å². The van der Waals surface area contributed by atoms with Crippen molar-refractivity contribution < 1.29 is 0 Å². The van der Waals surface area contributed by atoms with Crippen molar-refractivity contribution in [2.45, 2.75) is 70.0 Å². The van der Waals surface area contributed by atoms with Gasteiger partial charge in [-0.15, -0.1) is 0 Å². The van der Waals surface area contributed by atoms with E-state index >= 15 is 0 Å². The largest absolute Gasteiger partial charge is 0.330 e. The number of nitrogens with two attached hydrogens (primary N) is 4. The van der Waals surface area contributed by atoms with Crippen molar-refractivity contribution in [3.05, 3.63) is 0 Å². The molecule has 0 aliphatic heterocycles. The topological polar surface area (TPSA) is 104 Å². The molecule has 0 fully saturated rings. The fourth-order valence-corrected chi connectivity index (χ4v) is 1.73. The van der Waals surface area contributed by atoms with Crippen molar-refractivity contribution in [2.24, 2.45) is 22.9 Å². The van der Waals surface area contributed by atoms with Gasteiger partial charge in [-0.05, 0) is 51.5 Å². The van der Waals surface area contributed by atoms with E-state index < -0.39 is 0 Å². The Morgan fingerprint density at radius 3 is 1.62 bits per heavy atom. The van der Waals surface area contributed by atoms with E-state index in [1.807, 2.05) is 0 Å². The zero-order chi connectivity index (χ0) is 12.4. The molecule has 0 aliphatic rings. The van der Waals surface area contributed by atoms with Gasteiger partial charge in [0.05, 0.1) is 0 Å². The molecule has 0 bridgehead atoms. The van der Waals surface area contributed by atoms with Gasteiger partial charge in [-0.2, -0.15) is 0 Å². The van der Waals surface area contributed by atoms with Gasteiger partial charge in [-0.3, -0.25) is 0 Å². The van der Waals surface area contributed by atoms with Crippen LogP contribution in [0.5, 0.6) is 0 Å². The maximum atomic E-state index is 6.02. The van der Waals surface area contributed by atoms with Crippen molar-refractivity contribution in [3.63, 3.8) is 0 Å². The molecule has 3 unspecified atom stereocenters. The molecule has 16 heavy (non-hydrogen) atoms. The Balaban J connectivity index is 3.45. The molecule has 0 amide bonds. The van der Waals surface area contributed by atoms with Gasteiger partial charge in [-0.1, -0.05) is 6.92 Å². The van der Waals surface area contributed by atoms with Crippen LogP contribution in [-0.4, -0.2) is 24.7 Å². The van der Waals surface area contributed by atoms with Crippen molar-refractivity contribution in [1.82, 2.24) is 0 Å². The third-order valence-corrected chi connectivity index (χ3v) is 3.12. The van der Waals surface area contributed by atoms with Crippen LogP contribution in [0.1, 0.15) is 51.9 Å². The van der Waals surface area contributed by atoms with Gasteiger partial charge < -0.3 is 22.9 Å². The molecule has 0 spiro atoms. The second-order valence-electron chi connectivity index (χ2n) is 4.77. The van der Waals surface area contributed by atoms with Gasteiger partial charge in [0.25, 0.3) is 0 Å². The van der Waals surface area contributed by atoms with E-state index in [-0.39, 0.29) is 12.1 Å². The van der Waals surface area contributed by atoms with E-state index in [4.69, 9.17) is 22.9 Å². The van der Waals surface area contributed by atoms with Crippen molar-refractivity contribution in [2.75, 3.05) is 6.54 Å². The lowest BCUT2D eigenvalue weighted by atomic mass is 9.98. The Hall–Kier alpha value is -0.160. The zero-order valence-electron chi connectivity index (χ0n) is 10.7. The number of hydrogen-bond donors (Lipinski definition) is 4. The minimum absolute atomic E-state index is 0.251. The first kappa shape index (κ1) is 15.8. The van der Waals surface area contributed by atoms with Gasteiger partial charge in [0.15, 0.2) is 0 Å². The summed E-state index contributed by atoms with van der Waals surface area (Å²) in [6, 6.07) is 0.813. The average molecular weight is 230 g/mol. The summed E-state index contributed by atoms with van der Waals surface area (Å²) in [7, 11) is 0. The Kier molecular flexibility index (Phi) is 9.92. The molecule has 8 N–H and O–H groups in total. The minimum atomic E-state index is 0.251. The maximum Gasteiger partial charge on any atom is 0.00399 e. The highest BCUT2D eigenvalue weighted by molar-refractivity contribution is 4.70. The maximum absolute atomic E-state index is 6.02. The van der Waals surface area contributed by atoms with Gasteiger partial charge >= 0.3 is 0 Å². The van der Waals surface area contributed by atoms with Crippen molar-refractivity contribution >= 4 is 0 Å². The van der Waals surface area contributed by atoms with Crippen molar-refractivity contribution in [1.29, 1.82) is 0 Å². The van der Waals surface area contributed by atoms with Gasteiger partial charge in [0, 0.05) is 18.1 Å². The van der Waals surface area contributed by atoms with Gasteiger partial charge in [0.1, 0.15) is 0 Å². The fourth-order valence-electron chi connectivity index (χ4n) is 1.73. The predicted molar refractivity (Wildman–Crippen MR) is 71.0 cm³/mol. The fraction of sp³-hybridized carbons (Fsp3) is 1.00. The molecule has 98 valence electrons. The first-order chi connectivity index (χ1) is 7.60. The summed E-state index contributed by atoms with van der Waals surface area (Å²) < 4.78 is 0. The number of rotatable bonds is 10. The van der Waals surface area contributed by atoms with E-state index in [9.17, 15) is 0 Å². The normalized spacial score (nSPS) is 17.1. The Labute approximate surface area is 100 Å². The second kappa shape index (κ2) is 10.0. The SMILES string of the molecule is CCC(N)CCC(N)CCC(N)CCCN. The average Bonchev–Trinajstić information content (AvgIpc) is 2.30. The lowest BCUT2D eigenvalue weighted by Gasteiger charge is -2.17. The van der Waals surface area contributed by atoms with E-state index in [0.29, 0.717) is 6.04 Å². The highest BCUT2D eigenvalue weighted by Gasteiger charge is 2.08. The highest BCUT2D eigenvalue weighted by atomic mass is 14.7. The molecule has 0 aromatic carbocycles. The molecular formula is C12H30N4. The lowest BCUT2D eigenvalue weighted by molar-refractivity contribution is 0.447. The Bertz CT molecular complexity index is 152. The summed E-state index contributed by atoms with van der Waals surface area (Å²) >= 11 is 0. The summed E-state index contributed by atoms with van der Waals surface area (Å²) in [5, 5.41) is 0. The molecule has 0 saturated heterocycles. The Morgan fingerprint density at radius 1 is 0.750 bits per heavy atom. The summed E-state index contributed by atoms with van der Waals surface area (Å²) in [6.07, 6.45) is 7.09. The molecule has 4 nitrogen and oxygen atoms in total. The number of hydrogen-bond acceptors (Lipinski definition) is 4. The predicted octanol–water partition coefficient (Wildman–Crippen LogP) is 0.678. The standard InChI is InChI=1S/C12H30N4/c1-2-10(14)5-6-12(16)8-7-11(15)4-3-9-13/h10-12H,2-9,13-16H2,1H3. The monoisotopic (exact) mass is 230 g/mol. The molecule has 3 atom stereocenters. The Morgan fingerprint density at radius 2 is 1.19 bits per heavy atom. The van der Waals surface area contributed by atoms with E-state index in [0.717, 1.165) is 51.5 Å². The van der Waals surface area contributed by atoms with Crippen LogP contribution in [0.3, 0.4) is 0 Å².